The predicted molar refractivity (Wildman–Crippen MR) is 75.4 cm³/mol. The minimum absolute atomic E-state index is 0.0109. The molecule has 0 aromatic heterocycles. The molecule has 9 heteroatoms. The Morgan fingerprint density at radius 2 is 1.63 bits per heavy atom. The van der Waals surface area contributed by atoms with E-state index in [1.165, 1.54) is 24.3 Å². The molecule has 0 unspecified atom stereocenters. The number of nitrogens with two attached hydrogens (primary N) is 1. The van der Waals surface area contributed by atoms with Crippen molar-refractivity contribution in [3.8, 4) is 0 Å². The molecule has 0 radical (unpaired) electrons. The van der Waals surface area contributed by atoms with Crippen LogP contribution in [-0.4, -0.2) is 22.6 Å². The summed E-state index contributed by atoms with van der Waals surface area (Å²) in [7, 11) is -7.34. The van der Waals surface area contributed by atoms with Crippen molar-refractivity contribution in [3.63, 3.8) is 0 Å². The van der Waals surface area contributed by atoms with Crippen molar-refractivity contribution < 1.29 is 16.8 Å². The van der Waals surface area contributed by atoms with Gasteiger partial charge in [-0.25, -0.2) is 13.6 Å². The molecule has 7 nitrogen and oxygen atoms in total. The molecule has 19 heavy (non-hydrogen) atoms. The highest BCUT2D eigenvalue weighted by Gasteiger charge is 2.13. The first-order valence-electron chi connectivity index (χ1n) is 5.48. The third-order valence-electron chi connectivity index (χ3n) is 1.95. The largest absolute Gasteiger partial charge is 0.296 e. The summed E-state index contributed by atoms with van der Waals surface area (Å²) in [4.78, 5) is 0. The van der Waals surface area contributed by atoms with Gasteiger partial charge in [0.15, 0.2) is 0 Å². The Kier molecular flexibility index (Phi) is 4.77. The van der Waals surface area contributed by atoms with Crippen molar-refractivity contribution in [3.05, 3.63) is 24.3 Å². The van der Waals surface area contributed by atoms with Crippen LogP contribution in [-0.2, 0) is 20.2 Å². The highest BCUT2D eigenvalue weighted by Crippen LogP contribution is 2.17. The van der Waals surface area contributed by atoms with Crippen LogP contribution in [0.4, 0.5) is 11.4 Å². The molecule has 0 spiro atoms. The molecule has 4 N–H and O–H groups in total. The van der Waals surface area contributed by atoms with Crippen LogP contribution in [0, 0.1) is 5.92 Å². The highest BCUT2D eigenvalue weighted by molar-refractivity contribution is 7.92. The topological polar surface area (TPSA) is 118 Å². The normalized spacial score (nSPS) is 12.4. The van der Waals surface area contributed by atoms with Gasteiger partial charge in [0.25, 0.3) is 10.2 Å². The first kappa shape index (κ1) is 15.7. The van der Waals surface area contributed by atoms with Gasteiger partial charge in [0.2, 0.25) is 10.0 Å². The maximum absolute atomic E-state index is 11.7. The van der Waals surface area contributed by atoms with Gasteiger partial charge in [-0.05, 0) is 24.1 Å². The first-order valence-corrected chi connectivity index (χ1v) is 8.68. The molecule has 0 amide bonds. The van der Waals surface area contributed by atoms with Crippen LogP contribution >= 0.6 is 0 Å². The lowest BCUT2D eigenvalue weighted by atomic mass is 10.3. The Labute approximate surface area is 113 Å². The van der Waals surface area contributed by atoms with Crippen LogP contribution < -0.4 is 14.6 Å². The molecule has 1 rings (SSSR count). The first-order chi connectivity index (χ1) is 8.57. The molecule has 1 aromatic rings. The lowest BCUT2D eigenvalue weighted by Crippen LogP contribution is -2.22. The maximum Gasteiger partial charge on any atom is 0.296 e. The Morgan fingerprint density at radius 1 is 1.11 bits per heavy atom. The molecule has 0 saturated carbocycles. The summed E-state index contributed by atoms with van der Waals surface area (Å²) in [6.07, 6.45) is 0. The number of benzene rings is 1. The number of sulfonamides is 1. The van der Waals surface area contributed by atoms with Crippen molar-refractivity contribution in [1.29, 1.82) is 0 Å². The van der Waals surface area contributed by atoms with Gasteiger partial charge in [-0.2, -0.15) is 8.42 Å². The standard InChI is InChI=1S/C10H17N3O4S2/c1-8(2)7-18(14,15)12-9-4-3-5-10(6-9)13-19(11,16)17/h3-6,8,12-13H,7H2,1-2H3,(H2,11,16,17). The number of hydrogen-bond donors (Lipinski definition) is 3. The summed E-state index contributed by atoms with van der Waals surface area (Å²) in [5, 5.41) is 4.83. The number of rotatable bonds is 6. The second-order valence-electron chi connectivity index (χ2n) is 4.51. The van der Waals surface area contributed by atoms with E-state index in [-0.39, 0.29) is 23.0 Å². The molecule has 0 atom stereocenters. The molecule has 0 heterocycles. The highest BCUT2D eigenvalue weighted by atomic mass is 32.2. The van der Waals surface area contributed by atoms with Crippen LogP contribution in [0.1, 0.15) is 13.8 Å². The second kappa shape index (κ2) is 5.76. The molecular formula is C10H17N3O4S2. The third kappa shape index (κ3) is 6.41. The summed E-state index contributed by atoms with van der Waals surface area (Å²) < 4.78 is 49.6. The van der Waals surface area contributed by atoms with E-state index in [0.717, 1.165) is 0 Å². The molecule has 1 aromatic carbocycles. The zero-order valence-corrected chi connectivity index (χ0v) is 12.3. The smallest absolute Gasteiger partial charge is 0.283 e. The number of hydrogen-bond acceptors (Lipinski definition) is 4. The van der Waals surface area contributed by atoms with E-state index in [0.29, 0.717) is 0 Å². The molecule has 0 aliphatic carbocycles. The van der Waals surface area contributed by atoms with Crippen molar-refractivity contribution in [2.45, 2.75) is 13.8 Å². The van der Waals surface area contributed by atoms with Gasteiger partial charge in [-0.15, -0.1) is 0 Å². The van der Waals surface area contributed by atoms with Crippen LogP contribution in [0.3, 0.4) is 0 Å². The zero-order chi connectivity index (χ0) is 14.7. The van der Waals surface area contributed by atoms with Crippen molar-refractivity contribution in [2.75, 3.05) is 15.2 Å². The van der Waals surface area contributed by atoms with Gasteiger partial charge in [-0.1, -0.05) is 19.9 Å². The quantitative estimate of drug-likeness (QED) is 0.716. The van der Waals surface area contributed by atoms with Gasteiger partial charge in [0.1, 0.15) is 0 Å². The fraction of sp³-hybridized carbons (Fsp3) is 0.400. The minimum atomic E-state index is -3.88. The third-order valence-corrected chi connectivity index (χ3v) is 4.12. The number of nitrogens with one attached hydrogen (secondary N) is 2. The van der Waals surface area contributed by atoms with Gasteiger partial charge in [0.05, 0.1) is 17.1 Å². The number of anilines is 2. The zero-order valence-electron chi connectivity index (χ0n) is 10.6. The van der Waals surface area contributed by atoms with Crippen molar-refractivity contribution in [2.24, 2.45) is 11.1 Å². The minimum Gasteiger partial charge on any atom is -0.283 e. The Morgan fingerprint density at radius 3 is 2.11 bits per heavy atom. The van der Waals surface area contributed by atoms with E-state index in [4.69, 9.17) is 5.14 Å². The summed E-state index contributed by atoms with van der Waals surface area (Å²) in [6.45, 7) is 3.58. The van der Waals surface area contributed by atoms with Crippen LogP contribution in [0.25, 0.3) is 0 Å². The molecule has 0 aliphatic heterocycles. The van der Waals surface area contributed by atoms with Crippen molar-refractivity contribution >= 4 is 31.6 Å². The van der Waals surface area contributed by atoms with E-state index in [1.54, 1.807) is 13.8 Å². The average Bonchev–Trinajstić information content (AvgIpc) is 2.11. The van der Waals surface area contributed by atoms with Crippen LogP contribution in [0.5, 0.6) is 0 Å². The van der Waals surface area contributed by atoms with Gasteiger partial charge in [0, 0.05) is 0 Å². The molecular weight excluding hydrogens is 290 g/mol. The fourth-order valence-electron chi connectivity index (χ4n) is 1.47. The predicted octanol–water partition coefficient (Wildman–Crippen LogP) is 0.700. The summed E-state index contributed by atoms with van der Waals surface area (Å²) in [6, 6.07) is 5.85. The summed E-state index contributed by atoms with van der Waals surface area (Å²) in [5.74, 6) is -0.0249. The van der Waals surface area contributed by atoms with Gasteiger partial charge < -0.3 is 0 Å². The molecule has 0 bridgehead atoms. The van der Waals surface area contributed by atoms with Crippen LogP contribution in [0.2, 0.25) is 0 Å². The van der Waals surface area contributed by atoms with E-state index in [9.17, 15) is 16.8 Å². The maximum atomic E-state index is 11.7. The van der Waals surface area contributed by atoms with Crippen molar-refractivity contribution in [1.82, 2.24) is 0 Å². The molecule has 0 saturated heterocycles. The molecule has 0 aliphatic rings. The molecule has 108 valence electrons. The summed E-state index contributed by atoms with van der Waals surface area (Å²) in [5.41, 5.74) is 0.460. The monoisotopic (exact) mass is 307 g/mol. The van der Waals surface area contributed by atoms with Gasteiger partial charge in [-0.3, -0.25) is 9.44 Å². The Balaban J connectivity index is 2.89. The SMILES string of the molecule is CC(C)CS(=O)(=O)Nc1cccc(NS(N)(=O)=O)c1. The average molecular weight is 307 g/mol. The van der Waals surface area contributed by atoms with Crippen LogP contribution in [0.15, 0.2) is 24.3 Å². The van der Waals surface area contributed by atoms with E-state index >= 15 is 0 Å². The summed E-state index contributed by atoms with van der Waals surface area (Å²) >= 11 is 0. The Hall–Kier alpha value is -1.32. The fourth-order valence-corrected chi connectivity index (χ4v) is 3.37. The lowest BCUT2D eigenvalue weighted by molar-refractivity contribution is 0.587. The van der Waals surface area contributed by atoms with E-state index < -0.39 is 20.2 Å². The Bertz CT molecular complexity index is 638. The van der Waals surface area contributed by atoms with E-state index in [1.807, 2.05) is 0 Å². The lowest BCUT2D eigenvalue weighted by Gasteiger charge is -2.11. The molecule has 0 fully saturated rings. The second-order valence-corrected chi connectivity index (χ2v) is 7.57. The van der Waals surface area contributed by atoms with Gasteiger partial charge >= 0.3 is 0 Å². The van der Waals surface area contributed by atoms with E-state index in [2.05, 4.69) is 9.44 Å².